The molecule has 6 heteroatoms. The topological polar surface area (TPSA) is 87.3 Å². The third-order valence-corrected chi connectivity index (χ3v) is 4.00. The maximum atomic E-state index is 12.1. The van der Waals surface area contributed by atoms with Crippen LogP contribution in [0.15, 0.2) is 24.3 Å². The van der Waals surface area contributed by atoms with E-state index in [0.29, 0.717) is 5.69 Å². The number of benzene rings is 1. The first-order valence-electron chi connectivity index (χ1n) is 7.99. The zero-order chi connectivity index (χ0) is 16.8. The molecule has 1 aromatic carbocycles. The van der Waals surface area contributed by atoms with Gasteiger partial charge in [-0.2, -0.15) is 0 Å². The molecule has 23 heavy (non-hydrogen) atoms. The number of rotatable bonds is 6. The molecule has 0 spiro atoms. The summed E-state index contributed by atoms with van der Waals surface area (Å²) in [7, 11) is 0. The van der Waals surface area contributed by atoms with Gasteiger partial charge in [-0.05, 0) is 37.5 Å². The van der Waals surface area contributed by atoms with Crippen molar-refractivity contribution in [3.8, 4) is 0 Å². The van der Waals surface area contributed by atoms with E-state index in [1.165, 1.54) is 5.56 Å². The number of urea groups is 1. The number of anilines is 1. The summed E-state index contributed by atoms with van der Waals surface area (Å²) in [5, 5.41) is 7.59. The van der Waals surface area contributed by atoms with Gasteiger partial charge < -0.3 is 10.6 Å². The van der Waals surface area contributed by atoms with Gasteiger partial charge in [0.15, 0.2) is 0 Å². The van der Waals surface area contributed by atoms with Gasteiger partial charge in [0.2, 0.25) is 11.8 Å². The largest absolute Gasteiger partial charge is 0.335 e. The third kappa shape index (κ3) is 4.81. The minimum atomic E-state index is -0.559. The molecule has 1 aromatic rings. The molecule has 4 amide bonds. The van der Waals surface area contributed by atoms with Crippen LogP contribution in [-0.4, -0.2) is 23.9 Å². The fraction of sp³-hybridized carbons (Fsp3) is 0.471. The van der Waals surface area contributed by atoms with Gasteiger partial charge in [0, 0.05) is 18.2 Å². The van der Waals surface area contributed by atoms with Gasteiger partial charge in [-0.25, -0.2) is 4.79 Å². The smallest absolute Gasteiger partial charge is 0.321 e. The quantitative estimate of drug-likeness (QED) is 0.751. The number of hydrogen-bond acceptors (Lipinski definition) is 3. The van der Waals surface area contributed by atoms with E-state index < -0.39 is 17.9 Å². The highest BCUT2D eigenvalue weighted by molar-refractivity contribution is 6.01. The van der Waals surface area contributed by atoms with Crippen molar-refractivity contribution in [2.24, 2.45) is 5.92 Å². The number of nitrogens with one attached hydrogen (secondary N) is 3. The summed E-state index contributed by atoms with van der Waals surface area (Å²) < 4.78 is 0. The lowest BCUT2D eigenvalue weighted by atomic mass is 9.94. The predicted molar refractivity (Wildman–Crippen MR) is 87.9 cm³/mol. The van der Waals surface area contributed by atoms with Crippen molar-refractivity contribution in [1.29, 1.82) is 0 Å². The van der Waals surface area contributed by atoms with Gasteiger partial charge in [0.25, 0.3) is 0 Å². The van der Waals surface area contributed by atoms with E-state index in [0.717, 1.165) is 19.3 Å². The van der Waals surface area contributed by atoms with Gasteiger partial charge in [0.05, 0.1) is 5.92 Å². The van der Waals surface area contributed by atoms with Crippen LogP contribution in [0.3, 0.4) is 0 Å². The van der Waals surface area contributed by atoms with Crippen molar-refractivity contribution >= 4 is 23.5 Å². The van der Waals surface area contributed by atoms with E-state index in [9.17, 15) is 14.4 Å². The highest BCUT2D eigenvalue weighted by atomic mass is 16.2. The van der Waals surface area contributed by atoms with Crippen LogP contribution in [0.1, 0.15) is 38.7 Å². The number of carbonyl (C=O) groups is 3. The molecular formula is C17H23N3O3. The molecule has 1 heterocycles. The van der Waals surface area contributed by atoms with Crippen LogP contribution in [-0.2, 0) is 16.0 Å². The fourth-order valence-corrected chi connectivity index (χ4v) is 2.59. The van der Waals surface area contributed by atoms with Crippen molar-refractivity contribution in [3.05, 3.63) is 29.8 Å². The van der Waals surface area contributed by atoms with Crippen molar-refractivity contribution in [1.82, 2.24) is 10.6 Å². The average Bonchev–Trinajstić information content (AvgIpc) is 2.50. The monoisotopic (exact) mass is 317 g/mol. The van der Waals surface area contributed by atoms with Crippen molar-refractivity contribution in [3.63, 3.8) is 0 Å². The third-order valence-electron chi connectivity index (χ3n) is 4.00. The Labute approximate surface area is 136 Å². The number of unbranched alkanes of at least 4 members (excludes halogenated alkanes) is 1. The van der Waals surface area contributed by atoms with Gasteiger partial charge in [-0.3, -0.25) is 14.9 Å². The van der Waals surface area contributed by atoms with Crippen molar-refractivity contribution in [2.75, 3.05) is 5.32 Å². The molecule has 0 aliphatic carbocycles. The maximum Gasteiger partial charge on any atom is 0.321 e. The summed E-state index contributed by atoms with van der Waals surface area (Å²) in [5.74, 6) is -1.21. The lowest BCUT2D eigenvalue weighted by Crippen LogP contribution is -2.57. The number of hydrogen-bond donors (Lipinski definition) is 3. The molecular weight excluding hydrogens is 294 g/mol. The number of amides is 4. The molecule has 0 aromatic heterocycles. The van der Waals surface area contributed by atoms with Crippen LogP contribution in [0.2, 0.25) is 0 Å². The summed E-state index contributed by atoms with van der Waals surface area (Å²) in [6, 6.07) is 6.87. The minimum Gasteiger partial charge on any atom is -0.335 e. The molecule has 1 fully saturated rings. The Morgan fingerprint density at radius 2 is 1.91 bits per heavy atom. The second kappa shape index (κ2) is 7.76. The summed E-state index contributed by atoms with van der Waals surface area (Å²) in [6.07, 6.45) is 3.36. The molecule has 2 unspecified atom stereocenters. The summed E-state index contributed by atoms with van der Waals surface area (Å²) in [6.45, 7) is 3.87. The summed E-state index contributed by atoms with van der Waals surface area (Å²) >= 11 is 0. The van der Waals surface area contributed by atoms with E-state index in [1.807, 2.05) is 24.3 Å². The Hall–Kier alpha value is -2.37. The Morgan fingerprint density at radius 1 is 1.22 bits per heavy atom. The number of carbonyl (C=O) groups excluding carboxylic acids is 3. The lowest BCUT2D eigenvalue weighted by molar-refractivity contribution is -0.129. The first-order chi connectivity index (χ1) is 11.0. The van der Waals surface area contributed by atoms with Gasteiger partial charge >= 0.3 is 6.03 Å². The van der Waals surface area contributed by atoms with E-state index in [4.69, 9.17) is 0 Å². The molecule has 3 N–H and O–H groups in total. The number of imide groups is 1. The predicted octanol–water partition coefficient (Wildman–Crippen LogP) is 2.20. The molecule has 1 saturated heterocycles. The molecule has 1 aliphatic heterocycles. The standard InChI is InChI=1S/C17H23N3O3/c1-3-4-5-12-6-8-13(9-7-12)19-15(21)10-14-11(2)18-17(23)20-16(14)22/h6-9,11,14H,3-5,10H2,1-2H3,(H,19,21)(H2,18,20,22,23). The van der Waals surface area contributed by atoms with E-state index in [-0.39, 0.29) is 18.4 Å². The zero-order valence-electron chi connectivity index (χ0n) is 13.5. The zero-order valence-corrected chi connectivity index (χ0v) is 13.5. The molecule has 2 rings (SSSR count). The minimum absolute atomic E-state index is 0.0326. The lowest BCUT2D eigenvalue weighted by Gasteiger charge is -2.28. The SMILES string of the molecule is CCCCc1ccc(NC(=O)CC2C(=O)NC(=O)NC2C)cc1. The maximum absolute atomic E-state index is 12.1. The van der Waals surface area contributed by atoms with Crippen LogP contribution in [0, 0.1) is 5.92 Å². The summed E-state index contributed by atoms with van der Waals surface area (Å²) in [5.41, 5.74) is 1.95. The first-order valence-corrected chi connectivity index (χ1v) is 7.99. The van der Waals surface area contributed by atoms with Crippen molar-refractivity contribution < 1.29 is 14.4 Å². The van der Waals surface area contributed by atoms with E-state index in [1.54, 1.807) is 6.92 Å². The average molecular weight is 317 g/mol. The van der Waals surface area contributed by atoms with Gasteiger partial charge in [0.1, 0.15) is 0 Å². The fourth-order valence-electron chi connectivity index (χ4n) is 2.59. The second-order valence-corrected chi connectivity index (χ2v) is 5.91. The molecule has 0 bridgehead atoms. The van der Waals surface area contributed by atoms with Crippen molar-refractivity contribution in [2.45, 2.75) is 45.6 Å². The Bertz CT molecular complexity index is 583. The normalized spacial score (nSPS) is 20.6. The highest BCUT2D eigenvalue weighted by Crippen LogP contribution is 2.16. The molecule has 6 nitrogen and oxygen atoms in total. The second-order valence-electron chi connectivity index (χ2n) is 5.91. The first kappa shape index (κ1) is 17.0. The number of aryl methyl sites for hydroxylation is 1. The van der Waals surface area contributed by atoms with Crippen LogP contribution in [0.5, 0.6) is 0 Å². The van der Waals surface area contributed by atoms with Gasteiger partial charge in [-0.15, -0.1) is 0 Å². The van der Waals surface area contributed by atoms with Crippen LogP contribution < -0.4 is 16.0 Å². The van der Waals surface area contributed by atoms with Crippen LogP contribution in [0.4, 0.5) is 10.5 Å². The molecule has 124 valence electrons. The Kier molecular flexibility index (Phi) is 5.73. The van der Waals surface area contributed by atoms with E-state index >= 15 is 0 Å². The highest BCUT2D eigenvalue weighted by Gasteiger charge is 2.33. The molecule has 1 aliphatic rings. The van der Waals surface area contributed by atoms with Crippen LogP contribution in [0.25, 0.3) is 0 Å². The molecule has 2 atom stereocenters. The van der Waals surface area contributed by atoms with Crippen LogP contribution >= 0.6 is 0 Å². The Balaban J connectivity index is 1.89. The Morgan fingerprint density at radius 3 is 2.52 bits per heavy atom. The van der Waals surface area contributed by atoms with E-state index in [2.05, 4.69) is 22.9 Å². The van der Waals surface area contributed by atoms with Gasteiger partial charge in [-0.1, -0.05) is 25.5 Å². The molecule has 0 radical (unpaired) electrons. The summed E-state index contributed by atoms with van der Waals surface area (Å²) in [4.78, 5) is 35.1. The molecule has 0 saturated carbocycles.